The molecule has 2 rings (SSSR count). The summed E-state index contributed by atoms with van der Waals surface area (Å²) in [5.74, 6) is 0. The molecule has 0 aliphatic rings. The van der Waals surface area contributed by atoms with Crippen LogP contribution in [-0.4, -0.2) is 51.4 Å². The van der Waals surface area contributed by atoms with E-state index < -0.39 is 0 Å². The third-order valence-electron chi connectivity index (χ3n) is 1.66. The molecule has 0 radical (unpaired) electrons. The van der Waals surface area contributed by atoms with Gasteiger partial charge in [-0.3, -0.25) is 0 Å². The number of hydrogen-bond acceptors (Lipinski definition) is 0. The van der Waals surface area contributed by atoms with Crippen LogP contribution in [0.15, 0.2) is 61.7 Å². The van der Waals surface area contributed by atoms with E-state index in [0.29, 0.717) is 0 Å². The molecule has 2 aromatic rings. The molecule has 62 valence electrons. The van der Waals surface area contributed by atoms with Crippen molar-refractivity contribution >= 4 is 62.2 Å². The van der Waals surface area contributed by atoms with E-state index in [9.17, 15) is 0 Å². The van der Waals surface area contributed by atoms with Gasteiger partial charge in [0.2, 0.25) is 0 Å². The van der Waals surface area contributed by atoms with Gasteiger partial charge in [0, 0.05) is 0 Å². The van der Waals surface area contributed by atoms with Crippen LogP contribution in [0.1, 0.15) is 0 Å². The molecule has 1 heteroatoms. The monoisotopic (exact) mass is 196 g/mol. The number of benzene rings is 2. The minimum Gasteiger partial charge on any atom is -0.0616 e. The molecule has 0 fully saturated rings. The number of fused-ring (bicyclic) bond motifs is 1. The molecule has 0 nitrogen and oxygen atoms in total. The summed E-state index contributed by atoms with van der Waals surface area (Å²) in [4.78, 5) is 0. The molecule has 0 aliphatic carbocycles. The molecule has 0 unspecified atom stereocenters. The molecule has 0 aromatic heterocycles. The van der Waals surface area contributed by atoms with Gasteiger partial charge < -0.3 is 0 Å². The Morgan fingerprint density at radius 3 is 1.08 bits per heavy atom. The molecule has 0 saturated heterocycles. The van der Waals surface area contributed by atoms with Gasteiger partial charge in [0.05, 0.1) is 0 Å². The van der Waals surface area contributed by atoms with Crippen molar-refractivity contribution < 1.29 is 0 Å². The van der Waals surface area contributed by atoms with Crippen molar-refractivity contribution in [3.05, 3.63) is 61.7 Å². The number of hydrogen-bond donors (Lipinski definition) is 0. The molecule has 0 saturated carbocycles. The fraction of sp³-hybridized carbons (Fsp3) is 0. The van der Waals surface area contributed by atoms with E-state index in [1.807, 2.05) is 0 Å². The topological polar surface area (TPSA) is 0 Å². The largest absolute Gasteiger partial charge is 0.0616 e. The maximum absolute atomic E-state index is 3.00. The summed E-state index contributed by atoms with van der Waals surface area (Å²) in [5.41, 5.74) is 0. The average molecular weight is 196 g/mol. The first kappa shape index (κ1) is 13.1. The van der Waals surface area contributed by atoms with E-state index in [2.05, 4.69) is 61.7 Å². The molecule has 2 aromatic carbocycles. The fourth-order valence-corrected chi connectivity index (χ4v) is 1.13. The third-order valence-corrected chi connectivity index (χ3v) is 1.66. The SMILES string of the molecule is C=C.[KH].c1ccc2ccccc2c1. The number of rotatable bonds is 0. The molecule has 0 heterocycles. The van der Waals surface area contributed by atoms with Crippen LogP contribution < -0.4 is 0 Å². The van der Waals surface area contributed by atoms with E-state index in [4.69, 9.17) is 0 Å². The first-order valence-corrected chi connectivity index (χ1v) is 3.90. The maximum atomic E-state index is 3.00. The fourth-order valence-electron chi connectivity index (χ4n) is 1.13. The quantitative estimate of drug-likeness (QED) is 0.449. The Morgan fingerprint density at radius 1 is 0.615 bits per heavy atom. The van der Waals surface area contributed by atoms with Crippen molar-refractivity contribution in [2.45, 2.75) is 0 Å². The molecule has 0 atom stereocenters. The van der Waals surface area contributed by atoms with Gasteiger partial charge in [-0.25, -0.2) is 0 Å². The van der Waals surface area contributed by atoms with Crippen LogP contribution >= 0.6 is 0 Å². The second kappa shape index (κ2) is 7.48. The predicted octanol–water partition coefficient (Wildman–Crippen LogP) is 2.99. The Balaban J connectivity index is 0.000000451. The zero-order valence-corrected chi connectivity index (χ0v) is 7.03. The molecule has 13 heavy (non-hydrogen) atoms. The molecular weight excluding hydrogens is 183 g/mol. The molecule has 0 amide bonds. The van der Waals surface area contributed by atoms with Crippen molar-refractivity contribution in [3.63, 3.8) is 0 Å². The minimum absolute atomic E-state index is 0. The zero-order chi connectivity index (χ0) is 8.81. The zero-order valence-electron chi connectivity index (χ0n) is 7.03. The molecule has 0 aliphatic heterocycles. The van der Waals surface area contributed by atoms with Crippen LogP contribution in [0.4, 0.5) is 0 Å². The van der Waals surface area contributed by atoms with Crippen molar-refractivity contribution in [3.8, 4) is 0 Å². The molecule has 0 bridgehead atoms. The smallest absolute Gasteiger partial charge is 0.0184 e. The van der Waals surface area contributed by atoms with E-state index in [1.165, 1.54) is 10.8 Å². The molecular formula is C12H13K. The van der Waals surface area contributed by atoms with Gasteiger partial charge in [0.25, 0.3) is 0 Å². The Bertz CT molecular complexity index is 289. The van der Waals surface area contributed by atoms with Gasteiger partial charge in [-0.15, -0.1) is 13.2 Å². The molecule has 0 N–H and O–H groups in total. The second-order valence-electron chi connectivity index (χ2n) is 2.35. The standard InChI is InChI=1S/C10H8.C2H4.K.H/c1-2-6-10-8-4-3-7-9(10)5-1;1-2;;/h1-8H;1-2H2;;. The summed E-state index contributed by atoms with van der Waals surface area (Å²) >= 11 is 0. The van der Waals surface area contributed by atoms with Crippen LogP contribution in [0.5, 0.6) is 0 Å². The normalized spacial score (nSPS) is 8.00. The van der Waals surface area contributed by atoms with Crippen molar-refractivity contribution in [1.82, 2.24) is 0 Å². The average Bonchev–Trinajstić information content (AvgIpc) is 2.21. The van der Waals surface area contributed by atoms with E-state index in [1.54, 1.807) is 0 Å². The summed E-state index contributed by atoms with van der Waals surface area (Å²) in [6.07, 6.45) is 0. The Kier molecular flexibility index (Phi) is 7.52. The third kappa shape index (κ3) is 3.75. The van der Waals surface area contributed by atoms with E-state index in [-0.39, 0.29) is 51.4 Å². The van der Waals surface area contributed by atoms with Crippen LogP contribution in [-0.2, 0) is 0 Å². The predicted molar refractivity (Wildman–Crippen MR) is 62.4 cm³/mol. The van der Waals surface area contributed by atoms with E-state index >= 15 is 0 Å². The van der Waals surface area contributed by atoms with Gasteiger partial charge >= 0.3 is 51.4 Å². The second-order valence-corrected chi connectivity index (χ2v) is 2.35. The van der Waals surface area contributed by atoms with Crippen LogP contribution in [0, 0.1) is 0 Å². The van der Waals surface area contributed by atoms with Crippen molar-refractivity contribution in [2.75, 3.05) is 0 Å². The van der Waals surface area contributed by atoms with E-state index in [0.717, 1.165) is 0 Å². The summed E-state index contributed by atoms with van der Waals surface area (Å²) in [5, 5.41) is 2.62. The minimum atomic E-state index is 0. The maximum Gasteiger partial charge on any atom is -0.0184 e. The van der Waals surface area contributed by atoms with Gasteiger partial charge in [-0.2, -0.15) is 0 Å². The first-order chi connectivity index (χ1) is 5.97. The van der Waals surface area contributed by atoms with Crippen LogP contribution in [0.2, 0.25) is 0 Å². The molecule has 0 spiro atoms. The summed E-state index contributed by atoms with van der Waals surface area (Å²) in [6.45, 7) is 6.00. The summed E-state index contributed by atoms with van der Waals surface area (Å²) in [7, 11) is 0. The van der Waals surface area contributed by atoms with Crippen LogP contribution in [0.25, 0.3) is 10.8 Å². The Labute approximate surface area is 122 Å². The van der Waals surface area contributed by atoms with Gasteiger partial charge in [-0.05, 0) is 10.8 Å². The Morgan fingerprint density at radius 2 is 0.846 bits per heavy atom. The van der Waals surface area contributed by atoms with Gasteiger partial charge in [-0.1, -0.05) is 48.5 Å². The van der Waals surface area contributed by atoms with Gasteiger partial charge in [0.15, 0.2) is 0 Å². The van der Waals surface area contributed by atoms with Crippen molar-refractivity contribution in [2.24, 2.45) is 0 Å². The summed E-state index contributed by atoms with van der Waals surface area (Å²) < 4.78 is 0. The Hall–Kier alpha value is 0.0764. The first-order valence-electron chi connectivity index (χ1n) is 3.90. The van der Waals surface area contributed by atoms with Crippen LogP contribution in [0.3, 0.4) is 0 Å². The summed E-state index contributed by atoms with van der Waals surface area (Å²) in [6, 6.07) is 16.7. The van der Waals surface area contributed by atoms with Crippen molar-refractivity contribution in [1.29, 1.82) is 0 Å². The van der Waals surface area contributed by atoms with Gasteiger partial charge in [0.1, 0.15) is 0 Å².